The summed E-state index contributed by atoms with van der Waals surface area (Å²) in [6.45, 7) is 6.88. The van der Waals surface area contributed by atoms with Gasteiger partial charge in [-0.15, -0.1) is 0 Å². The molecule has 0 amide bonds. The van der Waals surface area contributed by atoms with Gasteiger partial charge in [0.1, 0.15) is 0 Å². The molecular formula is C16H35NS2. The number of rotatable bonds is 12. The molecule has 0 saturated heterocycles. The minimum atomic E-state index is 0.322. The summed E-state index contributed by atoms with van der Waals surface area (Å²) in [6, 6.07) is 0.322. The second kappa shape index (κ2) is 12.4. The fourth-order valence-corrected chi connectivity index (χ4v) is 4.04. The Morgan fingerprint density at radius 3 is 2.32 bits per heavy atom. The van der Waals surface area contributed by atoms with Gasteiger partial charge in [-0.25, -0.2) is 0 Å². The molecule has 0 aliphatic heterocycles. The highest BCUT2D eigenvalue weighted by molar-refractivity contribution is 7.99. The predicted molar refractivity (Wildman–Crippen MR) is 95.5 cm³/mol. The molecule has 0 radical (unpaired) electrons. The number of hydrogen-bond acceptors (Lipinski definition) is 3. The van der Waals surface area contributed by atoms with Crippen LogP contribution in [0.5, 0.6) is 0 Å². The monoisotopic (exact) mass is 305 g/mol. The van der Waals surface area contributed by atoms with Gasteiger partial charge in [-0.3, -0.25) is 0 Å². The van der Waals surface area contributed by atoms with Crippen LogP contribution in [0.1, 0.15) is 72.1 Å². The van der Waals surface area contributed by atoms with Crippen LogP contribution in [0.2, 0.25) is 0 Å². The zero-order valence-electron chi connectivity index (χ0n) is 13.4. The summed E-state index contributed by atoms with van der Waals surface area (Å²) >= 11 is 6.70. The van der Waals surface area contributed by atoms with Crippen LogP contribution < -0.4 is 5.73 Å². The second-order valence-electron chi connectivity index (χ2n) is 5.99. The molecule has 0 rings (SSSR count). The SMILES string of the molecule is CCCCC[C@@H](C)CC(S)C[C@H](N)C[C@@H](CC)SC. The van der Waals surface area contributed by atoms with Crippen molar-refractivity contribution >= 4 is 24.4 Å². The Morgan fingerprint density at radius 1 is 1.11 bits per heavy atom. The maximum absolute atomic E-state index is 6.26. The molecule has 1 unspecified atom stereocenters. The molecule has 0 bridgehead atoms. The Hall–Kier alpha value is 0.660. The van der Waals surface area contributed by atoms with E-state index in [2.05, 4.69) is 27.0 Å². The Labute approximate surface area is 131 Å². The molecule has 0 fully saturated rings. The standard InChI is InChI=1S/C16H35NS2/c1-5-7-8-9-13(3)10-15(18)11-14(17)12-16(6-2)19-4/h13-16,18H,5-12,17H2,1-4H3/t13-,14+,15?,16-/m1/s1. The van der Waals surface area contributed by atoms with E-state index in [-0.39, 0.29) is 0 Å². The summed E-state index contributed by atoms with van der Waals surface area (Å²) in [5.41, 5.74) is 6.26. The van der Waals surface area contributed by atoms with E-state index in [1.165, 1.54) is 38.5 Å². The summed E-state index contributed by atoms with van der Waals surface area (Å²) in [7, 11) is 0. The highest BCUT2D eigenvalue weighted by Crippen LogP contribution is 2.23. The molecule has 0 aromatic rings. The molecule has 0 aliphatic rings. The van der Waals surface area contributed by atoms with Crippen LogP contribution in [0, 0.1) is 5.92 Å². The van der Waals surface area contributed by atoms with Gasteiger partial charge in [0.15, 0.2) is 0 Å². The zero-order chi connectivity index (χ0) is 14.7. The molecule has 0 aromatic heterocycles. The third-order valence-corrected chi connectivity index (χ3v) is 5.52. The maximum Gasteiger partial charge on any atom is 0.00598 e. The number of hydrogen-bond donors (Lipinski definition) is 2. The second-order valence-corrected chi connectivity index (χ2v) is 7.86. The number of thiol groups is 1. The third kappa shape index (κ3) is 11.0. The summed E-state index contributed by atoms with van der Waals surface area (Å²) < 4.78 is 0. The van der Waals surface area contributed by atoms with E-state index in [0.717, 1.165) is 24.0 Å². The van der Waals surface area contributed by atoms with Crippen molar-refractivity contribution in [1.29, 1.82) is 0 Å². The van der Waals surface area contributed by atoms with Crippen molar-refractivity contribution < 1.29 is 0 Å². The average Bonchev–Trinajstić information content (AvgIpc) is 2.35. The highest BCUT2D eigenvalue weighted by Gasteiger charge is 2.16. The van der Waals surface area contributed by atoms with Gasteiger partial charge in [-0.05, 0) is 37.9 Å². The van der Waals surface area contributed by atoms with E-state index >= 15 is 0 Å². The summed E-state index contributed by atoms with van der Waals surface area (Å²) in [4.78, 5) is 0. The van der Waals surface area contributed by atoms with Gasteiger partial charge >= 0.3 is 0 Å². The van der Waals surface area contributed by atoms with Crippen LogP contribution in [-0.4, -0.2) is 22.8 Å². The van der Waals surface area contributed by atoms with Crippen LogP contribution in [-0.2, 0) is 0 Å². The Bertz CT molecular complexity index is 195. The van der Waals surface area contributed by atoms with Gasteiger partial charge in [-0.1, -0.05) is 46.5 Å². The van der Waals surface area contributed by atoms with Gasteiger partial charge in [0.25, 0.3) is 0 Å². The Balaban J connectivity index is 3.79. The molecule has 1 nitrogen and oxygen atoms in total. The molecule has 0 aliphatic carbocycles. The van der Waals surface area contributed by atoms with Gasteiger partial charge in [0.05, 0.1) is 0 Å². The third-order valence-electron chi connectivity index (χ3n) is 3.90. The fourth-order valence-electron chi connectivity index (χ4n) is 2.63. The molecule has 116 valence electrons. The fraction of sp³-hybridized carbons (Fsp3) is 1.00. The van der Waals surface area contributed by atoms with E-state index < -0.39 is 0 Å². The van der Waals surface area contributed by atoms with E-state index in [1.54, 1.807) is 0 Å². The summed E-state index contributed by atoms with van der Waals surface area (Å²) in [5, 5.41) is 1.20. The first-order valence-electron chi connectivity index (χ1n) is 7.99. The number of nitrogens with two attached hydrogens (primary N) is 1. The molecule has 19 heavy (non-hydrogen) atoms. The maximum atomic E-state index is 6.26. The highest BCUT2D eigenvalue weighted by atomic mass is 32.2. The zero-order valence-corrected chi connectivity index (χ0v) is 15.1. The lowest BCUT2D eigenvalue weighted by Gasteiger charge is -2.22. The minimum absolute atomic E-state index is 0.322. The van der Waals surface area contributed by atoms with Crippen molar-refractivity contribution in [2.75, 3.05) is 6.26 Å². The summed E-state index contributed by atoms with van der Waals surface area (Å²) in [6.07, 6.45) is 12.2. The predicted octanol–water partition coefficient (Wildman–Crippen LogP) is 5.14. The topological polar surface area (TPSA) is 26.0 Å². The van der Waals surface area contributed by atoms with Crippen molar-refractivity contribution in [2.45, 2.75) is 88.7 Å². The summed E-state index contributed by atoms with van der Waals surface area (Å²) in [5.74, 6) is 0.795. The molecule has 0 saturated carbocycles. The minimum Gasteiger partial charge on any atom is -0.328 e. The molecule has 0 spiro atoms. The van der Waals surface area contributed by atoms with Crippen LogP contribution in [0.4, 0.5) is 0 Å². The molecule has 2 N–H and O–H groups in total. The molecular weight excluding hydrogens is 270 g/mol. The first kappa shape index (κ1) is 19.7. The smallest absolute Gasteiger partial charge is 0.00598 e. The average molecular weight is 306 g/mol. The van der Waals surface area contributed by atoms with Crippen molar-refractivity contribution in [1.82, 2.24) is 0 Å². The van der Waals surface area contributed by atoms with Crippen molar-refractivity contribution in [3.63, 3.8) is 0 Å². The van der Waals surface area contributed by atoms with Gasteiger partial charge < -0.3 is 5.73 Å². The number of unbranched alkanes of at least 4 members (excludes halogenated alkanes) is 2. The van der Waals surface area contributed by atoms with Crippen molar-refractivity contribution in [2.24, 2.45) is 11.7 Å². The van der Waals surface area contributed by atoms with Gasteiger partial charge in [0.2, 0.25) is 0 Å². The Kier molecular flexibility index (Phi) is 12.8. The van der Waals surface area contributed by atoms with E-state index in [1.807, 2.05) is 11.8 Å². The molecule has 4 atom stereocenters. The van der Waals surface area contributed by atoms with Gasteiger partial charge in [0, 0.05) is 16.5 Å². The Morgan fingerprint density at radius 2 is 1.79 bits per heavy atom. The lowest BCUT2D eigenvalue weighted by molar-refractivity contribution is 0.431. The molecule has 3 heteroatoms. The first-order chi connectivity index (χ1) is 9.03. The van der Waals surface area contributed by atoms with Crippen LogP contribution >= 0.6 is 24.4 Å². The normalized spacial score (nSPS) is 18.0. The van der Waals surface area contributed by atoms with E-state index in [4.69, 9.17) is 18.4 Å². The largest absolute Gasteiger partial charge is 0.328 e. The van der Waals surface area contributed by atoms with E-state index in [0.29, 0.717) is 11.3 Å². The van der Waals surface area contributed by atoms with Crippen LogP contribution in [0.25, 0.3) is 0 Å². The van der Waals surface area contributed by atoms with Crippen LogP contribution in [0.15, 0.2) is 0 Å². The van der Waals surface area contributed by atoms with Gasteiger partial charge in [-0.2, -0.15) is 24.4 Å². The molecule has 0 aromatic carbocycles. The first-order valence-corrected chi connectivity index (χ1v) is 9.80. The van der Waals surface area contributed by atoms with E-state index in [9.17, 15) is 0 Å². The van der Waals surface area contributed by atoms with Crippen molar-refractivity contribution in [3.05, 3.63) is 0 Å². The van der Waals surface area contributed by atoms with Crippen LogP contribution in [0.3, 0.4) is 0 Å². The number of thioether (sulfide) groups is 1. The lowest BCUT2D eigenvalue weighted by Crippen LogP contribution is -2.28. The van der Waals surface area contributed by atoms with Crippen molar-refractivity contribution in [3.8, 4) is 0 Å². The molecule has 0 heterocycles. The quantitative estimate of drug-likeness (QED) is 0.385. The lowest BCUT2D eigenvalue weighted by atomic mass is 9.94.